The number of amides is 1. The summed E-state index contributed by atoms with van der Waals surface area (Å²) in [6.45, 7) is 0.592. The molecule has 1 aliphatic rings. The van der Waals surface area contributed by atoms with Crippen LogP contribution in [0.2, 0.25) is 5.02 Å². The number of rotatable bonds is 6. The van der Waals surface area contributed by atoms with Crippen LogP contribution < -0.4 is 0 Å². The van der Waals surface area contributed by atoms with Gasteiger partial charge in [0.15, 0.2) is 0 Å². The van der Waals surface area contributed by atoms with Gasteiger partial charge in [-0.05, 0) is 29.8 Å². The zero-order valence-electron chi connectivity index (χ0n) is 16.7. The van der Waals surface area contributed by atoms with E-state index in [-0.39, 0.29) is 24.7 Å². The molecule has 1 amide bonds. The number of non-ortho nitro benzene ring substituents is 1. The van der Waals surface area contributed by atoms with Crippen molar-refractivity contribution in [2.24, 2.45) is 0 Å². The van der Waals surface area contributed by atoms with Crippen molar-refractivity contribution in [2.45, 2.75) is 25.6 Å². The number of hydrogen-bond donors (Lipinski definition) is 0. The fourth-order valence-corrected chi connectivity index (χ4v) is 3.77. The molecule has 0 aromatic heterocycles. The number of likely N-dealkylation sites (N-methyl/N-ethyl adjacent to an activating group) is 1. The van der Waals surface area contributed by atoms with E-state index in [2.05, 4.69) is 0 Å². The highest BCUT2D eigenvalue weighted by Gasteiger charge is 2.35. The second-order valence-corrected chi connectivity index (χ2v) is 7.65. The van der Waals surface area contributed by atoms with Crippen molar-refractivity contribution >= 4 is 29.2 Å². The van der Waals surface area contributed by atoms with Crippen molar-refractivity contribution in [3.63, 3.8) is 0 Å². The molecule has 2 aromatic carbocycles. The van der Waals surface area contributed by atoms with Crippen LogP contribution in [0.5, 0.6) is 0 Å². The van der Waals surface area contributed by atoms with Crippen molar-refractivity contribution in [1.82, 2.24) is 9.80 Å². The van der Waals surface area contributed by atoms with Gasteiger partial charge >= 0.3 is 5.97 Å². The van der Waals surface area contributed by atoms with E-state index >= 15 is 0 Å². The van der Waals surface area contributed by atoms with Crippen LogP contribution in [0.3, 0.4) is 0 Å². The van der Waals surface area contributed by atoms with Crippen molar-refractivity contribution in [3.05, 3.63) is 74.3 Å². The van der Waals surface area contributed by atoms with E-state index in [0.717, 1.165) is 11.1 Å². The summed E-state index contributed by atoms with van der Waals surface area (Å²) in [5.74, 6) is -0.689. The van der Waals surface area contributed by atoms with E-state index in [4.69, 9.17) is 16.3 Å². The monoisotopic (exact) mass is 431 g/mol. The molecule has 8 nitrogen and oxygen atoms in total. The number of nitro benzene ring substituents is 1. The Morgan fingerprint density at radius 3 is 2.63 bits per heavy atom. The van der Waals surface area contributed by atoms with E-state index < -0.39 is 16.9 Å². The molecule has 158 valence electrons. The zero-order chi connectivity index (χ0) is 21.8. The molecule has 0 saturated heterocycles. The quantitative estimate of drug-likeness (QED) is 0.396. The molecule has 30 heavy (non-hydrogen) atoms. The van der Waals surface area contributed by atoms with Gasteiger partial charge in [-0.3, -0.25) is 19.8 Å². The lowest BCUT2D eigenvalue weighted by Gasteiger charge is -2.36. The van der Waals surface area contributed by atoms with Crippen LogP contribution in [0, 0.1) is 10.1 Å². The molecule has 1 atom stereocenters. The normalized spacial score (nSPS) is 15.6. The third-order valence-corrected chi connectivity index (χ3v) is 5.50. The van der Waals surface area contributed by atoms with Crippen LogP contribution in [0.4, 0.5) is 5.69 Å². The Hall–Kier alpha value is -2.97. The van der Waals surface area contributed by atoms with Gasteiger partial charge in [0.25, 0.3) is 5.69 Å². The summed E-state index contributed by atoms with van der Waals surface area (Å²) in [6.07, 6.45) is 0.398. The fourth-order valence-electron chi connectivity index (χ4n) is 3.60. The molecule has 1 unspecified atom stereocenters. The molecule has 3 rings (SSSR count). The van der Waals surface area contributed by atoms with E-state index in [1.807, 2.05) is 24.3 Å². The summed E-state index contributed by atoms with van der Waals surface area (Å²) >= 11 is 6.16. The zero-order valence-corrected chi connectivity index (χ0v) is 17.5. The van der Waals surface area contributed by atoms with Crippen molar-refractivity contribution < 1.29 is 19.2 Å². The second-order valence-electron chi connectivity index (χ2n) is 7.24. The number of nitro groups is 1. The van der Waals surface area contributed by atoms with Crippen molar-refractivity contribution in [2.75, 3.05) is 20.7 Å². The number of benzene rings is 2. The molecular weight excluding hydrogens is 410 g/mol. The summed E-state index contributed by atoms with van der Waals surface area (Å²) in [5, 5.41) is 11.4. The summed E-state index contributed by atoms with van der Waals surface area (Å²) in [5.41, 5.74) is 2.51. The average molecular weight is 432 g/mol. The Bertz CT molecular complexity index is 981. The Morgan fingerprint density at radius 2 is 1.97 bits per heavy atom. The first-order chi connectivity index (χ1) is 14.3. The van der Waals surface area contributed by atoms with Gasteiger partial charge in [-0.2, -0.15) is 0 Å². The Balaban J connectivity index is 1.74. The molecule has 0 saturated carbocycles. The minimum Gasteiger partial charge on any atom is -0.467 e. The first-order valence-electron chi connectivity index (χ1n) is 9.35. The summed E-state index contributed by atoms with van der Waals surface area (Å²) in [6, 6.07) is 11.2. The number of esters is 1. The number of nitrogens with zero attached hydrogens (tertiary/aromatic N) is 3. The molecule has 0 radical (unpaired) electrons. The smallest absolute Gasteiger partial charge is 0.328 e. The number of ether oxygens (including phenoxy) is 1. The Morgan fingerprint density at radius 1 is 1.27 bits per heavy atom. The molecule has 1 aliphatic heterocycles. The van der Waals surface area contributed by atoms with Crippen LogP contribution in [0.1, 0.15) is 16.7 Å². The highest BCUT2D eigenvalue weighted by molar-refractivity contribution is 6.31. The second kappa shape index (κ2) is 9.23. The molecule has 0 fully saturated rings. The lowest BCUT2D eigenvalue weighted by Crippen LogP contribution is -2.51. The third-order valence-electron chi connectivity index (χ3n) is 5.13. The standard InChI is InChI=1S/C21H22ClN3O5/c1-23(11-16-9-17(25(28)29)7-8-18(16)22)13-20(26)24-12-15-6-4-3-5-14(15)10-19(24)21(27)30-2/h3-9,19H,10-13H2,1-2H3. The van der Waals surface area contributed by atoms with Crippen LogP contribution in [-0.4, -0.2) is 53.3 Å². The maximum absolute atomic E-state index is 13.0. The number of halogens is 1. The topological polar surface area (TPSA) is 93.0 Å². The van der Waals surface area contributed by atoms with Gasteiger partial charge < -0.3 is 9.64 Å². The fraction of sp³-hybridized carbons (Fsp3) is 0.333. The van der Waals surface area contributed by atoms with Crippen LogP contribution in [-0.2, 0) is 33.8 Å². The highest BCUT2D eigenvalue weighted by Crippen LogP contribution is 2.25. The van der Waals surface area contributed by atoms with Crippen LogP contribution >= 0.6 is 11.6 Å². The minimum atomic E-state index is -0.688. The number of carbonyl (C=O) groups excluding carboxylic acids is 2. The molecule has 1 heterocycles. The Kier molecular flexibility index (Phi) is 6.69. The van der Waals surface area contributed by atoms with Crippen molar-refractivity contribution in [1.29, 1.82) is 0 Å². The van der Waals surface area contributed by atoms with E-state index in [0.29, 0.717) is 23.6 Å². The lowest BCUT2D eigenvalue weighted by atomic mass is 9.94. The maximum Gasteiger partial charge on any atom is 0.328 e. The van der Waals surface area contributed by atoms with Gasteiger partial charge in [0, 0.05) is 36.7 Å². The van der Waals surface area contributed by atoms with Gasteiger partial charge in [0.05, 0.1) is 18.6 Å². The number of methoxy groups -OCH3 is 1. The van der Waals surface area contributed by atoms with E-state index in [1.54, 1.807) is 11.9 Å². The third kappa shape index (κ3) is 4.77. The van der Waals surface area contributed by atoms with Gasteiger partial charge in [0.1, 0.15) is 6.04 Å². The molecule has 9 heteroatoms. The highest BCUT2D eigenvalue weighted by atomic mass is 35.5. The first kappa shape index (κ1) is 21.7. The van der Waals surface area contributed by atoms with Gasteiger partial charge in [-0.15, -0.1) is 0 Å². The molecule has 2 aromatic rings. The average Bonchev–Trinajstić information content (AvgIpc) is 2.73. The summed E-state index contributed by atoms with van der Waals surface area (Å²) < 4.78 is 4.91. The van der Waals surface area contributed by atoms with Gasteiger partial charge in [-0.1, -0.05) is 35.9 Å². The summed E-state index contributed by atoms with van der Waals surface area (Å²) in [4.78, 5) is 39.1. The molecule has 0 spiro atoms. The largest absolute Gasteiger partial charge is 0.467 e. The molecule has 0 aliphatic carbocycles. The molecule has 0 bridgehead atoms. The van der Waals surface area contributed by atoms with E-state index in [1.165, 1.54) is 30.2 Å². The molecule has 0 N–H and O–H groups in total. The first-order valence-corrected chi connectivity index (χ1v) is 9.73. The molecular formula is C21H22ClN3O5. The van der Waals surface area contributed by atoms with Crippen LogP contribution in [0.15, 0.2) is 42.5 Å². The summed E-state index contributed by atoms with van der Waals surface area (Å²) in [7, 11) is 3.03. The lowest BCUT2D eigenvalue weighted by molar-refractivity contribution is -0.384. The number of hydrogen-bond acceptors (Lipinski definition) is 6. The predicted octanol–water partition coefficient (Wildman–Crippen LogP) is 2.81. The van der Waals surface area contributed by atoms with Crippen molar-refractivity contribution in [3.8, 4) is 0 Å². The number of fused-ring (bicyclic) bond motifs is 1. The van der Waals surface area contributed by atoms with Gasteiger partial charge in [-0.25, -0.2) is 4.79 Å². The van der Waals surface area contributed by atoms with Crippen LogP contribution in [0.25, 0.3) is 0 Å². The Labute approximate surface area is 179 Å². The van der Waals surface area contributed by atoms with E-state index in [9.17, 15) is 19.7 Å². The number of carbonyl (C=O) groups is 2. The maximum atomic E-state index is 13.0. The SMILES string of the molecule is COC(=O)C1Cc2ccccc2CN1C(=O)CN(C)Cc1cc([N+](=O)[O-])ccc1Cl. The van der Waals surface area contributed by atoms with Gasteiger partial charge in [0.2, 0.25) is 5.91 Å². The minimum absolute atomic E-state index is 0.0225. The predicted molar refractivity (Wildman–Crippen MR) is 111 cm³/mol.